The van der Waals surface area contributed by atoms with Crippen LogP contribution in [0.2, 0.25) is 0 Å². The van der Waals surface area contributed by atoms with Crippen molar-refractivity contribution in [1.29, 1.82) is 0 Å². The summed E-state index contributed by atoms with van der Waals surface area (Å²) in [6.07, 6.45) is 2.28. The molecule has 0 aromatic carbocycles. The number of urea groups is 1. The quantitative estimate of drug-likeness (QED) is 0.386. The number of nitrogens with one attached hydrogen (secondary N) is 2. The van der Waals surface area contributed by atoms with Gasteiger partial charge in [0.25, 0.3) is 0 Å². The molecule has 2 bridgehead atoms. The molecule has 0 aliphatic carbocycles. The van der Waals surface area contributed by atoms with Crippen molar-refractivity contribution in [2.24, 2.45) is 5.73 Å². The van der Waals surface area contributed by atoms with Crippen LogP contribution in [-0.4, -0.2) is 46.5 Å². The van der Waals surface area contributed by atoms with Crippen LogP contribution in [0.25, 0.3) is 0 Å². The Hall–Kier alpha value is -2.46. The smallest absolute Gasteiger partial charge is 0.318 e. The van der Waals surface area contributed by atoms with E-state index in [1.807, 2.05) is 0 Å². The van der Waals surface area contributed by atoms with Crippen LogP contribution in [0.1, 0.15) is 36.2 Å². The molecule has 1 aromatic rings. The summed E-state index contributed by atoms with van der Waals surface area (Å²) in [7, 11) is 0. The van der Waals surface area contributed by atoms with E-state index in [0.29, 0.717) is 31.8 Å². The van der Waals surface area contributed by atoms with E-state index >= 15 is 0 Å². The highest BCUT2D eigenvalue weighted by Gasteiger charge is 2.44. The van der Waals surface area contributed by atoms with Gasteiger partial charge >= 0.3 is 6.03 Å². The van der Waals surface area contributed by atoms with E-state index in [1.165, 1.54) is 0 Å². The molecule has 1 aromatic heterocycles. The van der Waals surface area contributed by atoms with Crippen molar-refractivity contribution >= 4 is 17.9 Å². The second-order valence-corrected chi connectivity index (χ2v) is 5.46. The number of carbonyl (C=O) groups excluding carboxylic acids is 2. The number of carbonyl (C=O) groups is 2. The number of amides is 3. The molecular formula is C13H19N7O3. The minimum absolute atomic E-state index is 0.0339. The average molecular weight is 321 g/mol. The lowest BCUT2D eigenvalue weighted by atomic mass is 9.95. The van der Waals surface area contributed by atoms with Crippen LogP contribution < -0.4 is 22.3 Å². The van der Waals surface area contributed by atoms with E-state index in [4.69, 9.17) is 16.3 Å². The second kappa shape index (κ2) is 6.34. The predicted molar refractivity (Wildman–Crippen MR) is 79.5 cm³/mol. The summed E-state index contributed by atoms with van der Waals surface area (Å²) < 4.78 is 0. The minimum atomic E-state index is -0.493. The Morgan fingerprint density at radius 1 is 1.57 bits per heavy atom. The Morgan fingerprint density at radius 3 is 3.17 bits per heavy atom. The summed E-state index contributed by atoms with van der Waals surface area (Å²) >= 11 is 0. The summed E-state index contributed by atoms with van der Waals surface area (Å²) in [4.78, 5) is 38.9. The second-order valence-electron chi connectivity index (χ2n) is 5.46. The number of fused-ring (bicyclic) bond motifs is 4. The molecule has 23 heavy (non-hydrogen) atoms. The molecule has 3 heterocycles. The number of hydrogen-bond donors (Lipinski definition) is 4. The molecule has 2 aliphatic rings. The summed E-state index contributed by atoms with van der Waals surface area (Å²) in [6.45, 7) is 1.30. The zero-order valence-corrected chi connectivity index (χ0v) is 12.5. The van der Waals surface area contributed by atoms with Gasteiger partial charge in [-0.25, -0.2) is 20.2 Å². The van der Waals surface area contributed by atoms with Gasteiger partial charge in [-0.3, -0.25) is 9.63 Å². The van der Waals surface area contributed by atoms with Gasteiger partial charge in [0.15, 0.2) is 0 Å². The maximum absolute atomic E-state index is 12.1. The third kappa shape index (κ3) is 3.03. The van der Waals surface area contributed by atoms with E-state index in [2.05, 4.69) is 20.8 Å². The van der Waals surface area contributed by atoms with Crippen LogP contribution in [0.5, 0.6) is 0 Å². The molecule has 0 saturated carbocycles. The Labute approximate surface area is 132 Å². The Balaban J connectivity index is 1.74. The summed E-state index contributed by atoms with van der Waals surface area (Å²) in [6, 6.07) is -0.890. The van der Waals surface area contributed by atoms with Crippen LogP contribution >= 0.6 is 0 Å². The van der Waals surface area contributed by atoms with E-state index in [0.717, 1.165) is 5.56 Å². The molecule has 2 unspecified atom stereocenters. The number of rotatable bonds is 6. The topological polar surface area (TPSA) is 148 Å². The monoisotopic (exact) mass is 321 g/mol. The van der Waals surface area contributed by atoms with Crippen LogP contribution in [0.15, 0.2) is 6.20 Å². The number of nitrogens with zero attached hydrogens (tertiary/aromatic N) is 3. The molecular weight excluding hydrogens is 302 g/mol. The summed E-state index contributed by atoms with van der Waals surface area (Å²) in [5.41, 5.74) is 14.8. The van der Waals surface area contributed by atoms with Crippen molar-refractivity contribution in [1.82, 2.24) is 25.7 Å². The maximum Gasteiger partial charge on any atom is 0.318 e. The van der Waals surface area contributed by atoms with Crippen molar-refractivity contribution in [2.45, 2.75) is 24.9 Å². The van der Waals surface area contributed by atoms with Gasteiger partial charge in [-0.2, -0.15) is 0 Å². The van der Waals surface area contributed by atoms with Gasteiger partial charge < -0.3 is 21.7 Å². The standard InChI is InChI=1S/C13H19N7O3/c14-2-1-3-23-19-10(21)4-9-11-7(5-16-12(15)18-11)8-6-20(9)13(22)17-8/h5,8-9H,1-4,6,14H2,(H,17,22)(H,19,21)(H2,15,16,18). The number of hydrogen-bond acceptors (Lipinski definition) is 7. The van der Waals surface area contributed by atoms with Crippen LogP contribution in [0.3, 0.4) is 0 Å². The number of anilines is 1. The molecule has 0 radical (unpaired) electrons. The highest BCUT2D eigenvalue weighted by molar-refractivity contribution is 5.81. The van der Waals surface area contributed by atoms with Gasteiger partial charge in [0.1, 0.15) is 0 Å². The summed E-state index contributed by atoms with van der Waals surface area (Å²) in [5.74, 6) is -0.225. The lowest BCUT2D eigenvalue weighted by Crippen LogP contribution is -2.38. The molecule has 1 saturated heterocycles. The maximum atomic E-state index is 12.1. The first-order valence-corrected chi connectivity index (χ1v) is 7.40. The van der Waals surface area contributed by atoms with Gasteiger partial charge in [0, 0.05) is 18.3 Å². The highest BCUT2D eigenvalue weighted by Crippen LogP contribution is 2.39. The zero-order chi connectivity index (χ0) is 16.4. The van der Waals surface area contributed by atoms with Gasteiger partial charge in [0.2, 0.25) is 11.9 Å². The fraction of sp³-hybridized carbons (Fsp3) is 0.538. The van der Waals surface area contributed by atoms with Gasteiger partial charge in [-0.1, -0.05) is 0 Å². The molecule has 6 N–H and O–H groups in total. The van der Waals surface area contributed by atoms with Crippen molar-refractivity contribution in [3.05, 3.63) is 17.5 Å². The SMILES string of the molecule is NCCCONC(=O)CC1c2nc(N)ncc2C2CN1C(=O)N2. The van der Waals surface area contributed by atoms with E-state index < -0.39 is 6.04 Å². The highest BCUT2D eigenvalue weighted by atomic mass is 16.6. The number of nitrogens with two attached hydrogens (primary N) is 2. The van der Waals surface area contributed by atoms with Crippen molar-refractivity contribution in [3.63, 3.8) is 0 Å². The van der Waals surface area contributed by atoms with Crippen molar-refractivity contribution in [2.75, 3.05) is 25.4 Å². The minimum Gasteiger partial charge on any atom is -0.368 e. The van der Waals surface area contributed by atoms with Gasteiger partial charge in [0.05, 0.1) is 30.8 Å². The Bertz CT molecular complexity index is 624. The van der Waals surface area contributed by atoms with Gasteiger partial charge in [-0.15, -0.1) is 0 Å². The molecule has 2 aliphatic heterocycles. The molecule has 3 amide bonds. The van der Waals surface area contributed by atoms with Crippen molar-refractivity contribution in [3.8, 4) is 0 Å². The van der Waals surface area contributed by atoms with Crippen LogP contribution in [0, 0.1) is 0 Å². The van der Waals surface area contributed by atoms with E-state index in [-0.39, 0.29) is 30.3 Å². The summed E-state index contributed by atoms with van der Waals surface area (Å²) in [5, 5.41) is 2.84. The lowest BCUT2D eigenvalue weighted by molar-refractivity contribution is -0.134. The lowest BCUT2D eigenvalue weighted by Gasteiger charge is -2.31. The predicted octanol–water partition coefficient (Wildman–Crippen LogP) is -1.03. The molecule has 10 heteroatoms. The molecule has 1 fully saturated rings. The largest absolute Gasteiger partial charge is 0.368 e. The number of nitrogen functional groups attached to an aromatic ring is 1. The number of aromatic nitrogens is 2. The Morgan fingerprint density at radius 2 is 2.39 bits per heavy atom. The molecule has 10 nitrogen and oxygen atoms in total. The zero-order valence-electron chi connectivity index (χ0n) is 12.5. The van der Waals surface area contributed by atoms with Crippen LogP contribution in [-0.2, 0) is 9.63 Å². The first kappa shape index (κ1) is 15.4. The fourth-order valence-electron chi connectivity index (χ4n) is 2.81. The van der Waals surface area contributed by atoms with Crippen molar-refractivity contribution < 1.29 is 14.4 Å². The molecule has 0 spiro atoms. The van der Waals surface area contributed by atoms with Crippen LogP contribution in [0.4, 0.5) is 10.7 Å². The van der Waals surface area contributed by atoms with E-state index in [9.17, 15) is 9.59 Å². The fourth-order valence-corrected chi connectivity index (χ4v) is 2.81. The third-order valence-corrected chi connectivity index (χ3v) is 3.89. The van der Waals surface area contributed by atoms with Gasteiger partial charge in [-0.05, 0) is 13.0 Å². The number of hydroxylamine groups is 1. The first-order valence-electron chi connectivity index (χ1n) is 7.40. The Kier molecular flexibility index (Phi) is 4.26. The molecule has 124 valence electrons. The third-order valence-electron chi connectivity index (χ3n) is 3.89. The average Bonchev–Trinajstić information content (AvgIpc) is 2.86. The normalized spacial score (nSPS) is 21.8. The first-order chi connectivity index (χ1) is 11.1. The molecule has 2 atom stereocenters. The van der Waals surface area contributed by atoms with E-state index in [1.54, 1.807) is 11.1 Å². The molecule has 3 rings (SSSR count).